The number of hydrogen-bond acceptors (Lipinski definition) is 3. The smallest absolute Gasteiger partial charge is 0.287 e. The molecule has 1 aromatic rings. The van der Waals surface area contributed by atoms with Gasteiger partial charge in [-0.2, -0.15) is 0 Å². The van der Waals surface area contributed by atoms with Gasteiger partial charge < -0.3 is 0 Å². The van der Waals surface area contributed by atoms with Gasteiger partial charge in [-0.15, -0.1) is 0 Å². The van der Waals surface area contributed by atoms with Gasteiger partial charge in [0.05, 0.1) is 6.42 Å². The van der Waals surface area contributed by atoms with E-state index in [-0.39, 0.29) is 5.97 Å². The maximum absolute atomic E-state index is 11.5. The fraction of sp³-hybridized carbons (Fsp3) is 0.650. The van der Waals surface area contributed by atoms with Crippen LogP contribution < -0.4 is 4.89 Å². The minimum atomic E-state index is -0.287. The highest BCUT2D eigenvalue weighted by molar-refractivity contribution is 5.68. The molecule has 0 saturated heterocycles. The maximum atomic E-state index is 11.5. The number of para-hydroxylation sites is 1. The molecule has 1 aromatic carbocycles. The van der Waals surface area contributed by atoms with Gasteiger partial charge in [-0.25, -0.2) is 4.79 Å². The van der Waals surface area contributed by atoms with Crippen LogP contribution in [-0.4, -0.2) is 5.97 Å². The highest BCUT2D eigenvalue weighted by Crippen LogP contribution is 2.13. The van der Waals surface area contributed by atoms with Crippen LogP contribution in [0.15, 0.2) is 30.3 Å². The number of unbranched alkanes of at least 4 members (excludes halogenated alkanes) is 10. The van der Waals surface area contributed by atoms with Gasteiger partial charge in [0.1, 0.15) is 0 Å². The fourth-order valence-electron chi connectivity index (χ4n) is 2.55. The van der Waals surface area contributed by atoms with E-state index >= 15 is 0 Å². The van der Waals surface area contributed by atoms with Crippen LogP contribution in [0.25, 0.3) is 0 Å². The van der Waals surface area contributed by atoms with Gasteiger partial charge in [-0.1, -0.05) is 89.3 Å². The van der Waals surface area contributed by atoms with Gasteiger partial charge in [0, 0.05) is 0 Å². The molecular formula is C20H32O3. The van der Waals surface area contributed by atoms with Crippen molar-refractivity contribution in [1.29, 1.82) is 0 Å². The second-order valence-corrected chi connectivity index (χ2v) is 6.14. The summed E-state index contributed by atoms with van der Waals surface area (Å²) >= 11 is 0. The standard InChI is InChI=1S/C20H32O3/c1-2-3-4-5-6-7-8-9-10-11-15-18-20(21)23-22-19-16-13-12-14-17-19/h12-14,16-17H,2-11,15,18H2,1H3. The molecule has 0 N–H and O–H groups in total. The lowest BCUT2D eigenvalue weighted by Gasteiger charge is -2.04. The summed E-state index contributed by atoms with van der Waals surface area (Å²) in [6, 6.07) is 9.09. The predicted molar refractivity (Wildman–Crippen MR) is 94.2 cm³/mol. The zero-order chi connectivity index (χ0) is 16.6. The van der Waals surface area contributed by atoms with Crippen molar-refractivity contribution in [2.75, 3.05) is 0 Å². The maximum Gasteiger partial charge on any atom is 0.355 e. The van der Waals surface area contributed by atoms with E-state index in [2.05, 4.69) is 6.92 Å². The molecule has 0 atom stereocenters. The van der Waals surface area contributed by atoms with Crippen molar-refractivity contribution in [3.63, 3.8) is 0 Å². The summed E-state index contributed by atoms with van der Waals surface area (Å²) in [6.07, 6.45) is 14.4. The summed E-state index contributed by atoms with van der Waals surface area (Å²) in [5.41, 5.74) is 0. The Morgan fingerprint density at radius 2 is 1.30 bits per heavy atom. The summed E-state index contributed by atoms with van der Waals surface area (Å²) < 4.78 is 0. The molecule has 0 aliphatic carbocycles. The van der Waals surface area contributed by atoms with Crippen LogP contribution >= 0.6 is 0 Å². The van der Waals surface area contributed by atoms with Crippen molar-refractivity contribution in [2.24, 2.45) is 0 Å². The Hall–Kier alpha value is -1.51. The molecule has 0 aromatic heterocycles. The molecule has 0 fully saturated rings. The molecule has 0 bridgehead atoms. The fourth-order valence-corrected chi connectivity index (χ4v) is 2.55. The Balaban J connectivity index is 1.84. The molecular weight excluding hydrogens is 288 g/mol. The highest BCUT2D eigenvalue weighted by Gasteiger charge is 2.04. The summed E-state index contributed by atoms with van der Waals surface area (Å²) in [7, 11) is 0. The van der Waals surface area contributed by atoms with E-state index in [4.69, 9.17) is 9.78 Å². The van der Waals surface area contributed by atoms with Gasteiger partial charge in [-0.3, -0.25) is 9.78 Å². The number of benzene rings is 1. The van der Waals surface area contributed by atoms with Crippen LogP contribution in [0.2, 0.25) is 0 Å². The second-order valence-electron chi connectivity index (χ2n) is 6.14. The molecule has 0 amide bonds. The number of hydrogen-bond donors (Lipinski definition) is 0. The van der Waals surface area contributed by atoms with E-state index in [1.165, 1.54) is 57.8 Å². The topological polar surface area (TPSA) is 35.5 Å². The van der Waals surface area contributed by atoms with E-state index < -0.39 is 0 Å². The van der Waals surface area contributed by atoms with Crippen molar-refractivity contribution in [3.8, 4) is 5.75 Å². The Morgan fingerprint density at radius 3 is 1.87 bits per heavy atom. The molecule has 3 heteroatoms. The summed E-state index contributed by atoms with van der Waals surface area (Å²) in [5.74, 6) is 0.268. The largest absolute Gasteiger partial charge is 0.355 e. The Kier molecular flexibility index (Phi) is 12.0. The van der Waals surface area contributed by atoms with Crippen LogP contribution in [-0.2, 0) is 9.68 Å². The number of carbonyl (C=O) groups excluding carboxylic acids is 1. The van der Waals surface area contributed by atoms with Crippen molar-refractivity contribution in [3.05, 3.63) is 30.3 Å². The lowest BCUT2D eigenvalue weighted by Crippen LogP contribution is -2.07. The third-order valence-corrected chi connectivity index (χ3v) is 3.96. The molecule has 0 heterocycles. The molecule has 130 valence electrons. The Bertz CT molecular complexity index is 389. The van der Waals surface area contributed by atoms with E-state index in [0.717, 1.165) is 12.8 Å². The number of carbonyl (C=O) groups is 1. The molecule has 0 aliphatic rings. The van der Waals surface area contributed by atoms with Crippen molar-refractivity contribution in [2.45, 2.75) is 84.0 Å². The second kappa shape index (κ2) is 14.1. The minimum absolute atomic E-state index is 0.287. The number of rotatable bonds is 14. The predicted octanol–water partition coefficient (Wildman–Crippen LogP) is 6.22. The summed E-state index contributed by atoms with van der Waals surface area (Å²) in [4.78, 5) is 21.3. The van der Waals surface area contributed by atoms with E-state index in [1.54, 1.807) is 12.1 Å². The Labute approximate surface area is 141 Å². The normalized spacial score (nSPS) is 10.5. The molecule has 0 saturated carbocycles. The summed E-state index contributed by atoms with van der Waals surface area (Å²) in [6.45, 7) is 2.25. The molecule has 0 aliphatic heterocycles. The molecule has 1 rings (SSSR count). The first-order valence-corrected chi connectivity index (χ1v) is 9.25. The van der Waals surface area contributed by atoms with Crippen LogP contribution in [0, 0.1) is 0 Å². The van der Waals surface area contributed by atoms with Crippen LogP contribution in [0.5, 0.6) is 5.75 Å². The van der Waals surface area contributed by atoms with Crippen LogP contribution in [0.3, 0.4) is 0 Å². The average Bonchev–Trinajstić information content (AvgIpc) is 2.59. The van der Waals surface area contributed by atoms with E-state index in [9.17, 15) is 4.79 Å². The Morgan fingerprint density at radius 1 is 0.783 bits per heavy atom. The zero-order valence-corrected chi connectivity index (χ0v) is 14.6. The minimum Gasteiger partial charge on any atom is -0.287 e. The third kappa shape index (κ3) is 11.7. The quantitative estimate of drug-likeness (QED) is 0.232. The zero-order valence-electron chi connectivity index (χ0n) is 14.6. The van der Waals surface area contributed by atoms with Gasteiger partial charge in [0.15, 0.2) is 5.75 Å². The van der Waals surface area contributed by atoms with Gasteiger partial charge in [0.2, 0.25) is 0 Å². The first-order valence-electron chi connectivity index (χ1n) is 9.25. The lowest BCUT2D eigenvalue weighted by atomic mass is 10.1. The first-order chi connectivity index (χ1) is 11.3. The van der Waals surface area contributed by atoms with Gasteiger partial charge in [-0.05, 0) is 18.6 Å². The van der Waals surface area contributed by atoms with Crippen molar-refractivity contribution < 1.29 is 14.6 Å². The van der Waals surface area contributed by atoms with Crippen molar-refractivity contribution >= 4 is 5.97 Å². The SMILES string of the molecule is CCCCCCCCCCCCCC(=O)OOc1ccccc1. The average molecular weight is 320 g/mol. The van der Waals surface area contributed by atoms with Crippen LogP contribution in [0.1, 0.15) is 84.0 Å². The highest BCUT2D eigenvalue weighted by atomic mass is 17.2. The molecule has 0 radical (unpaired) electrons. The van der Waals surface area contributed by atoms with E-state index in [1.807, 2.05) is 18.2 Å². The van der Waals surface area contributed by atoms with Gasteiger partial charge in [0.25, 0.3) is 0 Å². The first kappa shape index (κ1) is 19.5. The molecule has 3 nitrogen and oxygen atoms in total. The lowest BCUT2D eigenvalue weighted by molar-refractivity contribution is -0.213. The van der Waals surface area contributed by atoms with Crippen molar-refractivity contribution in [1.82, 2.24) is 0 Å². The van der Waals surface area contributed by atoms with Crippen LogP contribution in [0.4, 0.5) is 0 Å². The third-order valence-electron chi connectivity index (χ3n) is 3.96. The van der Waals surface area contributed by atoms with E-state index in [0.29, 0.717) is 12.2 Å². The molecule has 0 unspecified atom stereocenters. The molecule has 23 heavy (non-hydrogen) atoms. The molecule has 0 spiro atoms. The van der Waals surface area contributed by atoms with Gasteiger partial charge >= 0.3 is 5.97 Å². The monoisotopic (exact) mass is 320 g/mol. The summed E-state index contributed by atoms with van der Waals surface area (Å²) in [5, 5.41) is 0.